The molecular weight excluding hydrogens is 363 g/mol. The monoisotopic (exact) mass is 376 g/mol. The molecule has 2 N–H and O–H groups in total. The van der Waals surface area contributed by atoms with Crippen molar-refractivity contribution in [3.8, 4) is 0 Å². The zero-order valence-corrected chi connectivity index (χ0v) is 14.5. The van der Waals surface area contributed by atoms with Gasteiger partial charge in [-0.1, -0.05) is 41.9 Å². The molecule has 0 unspecified atom stereocenters. The van der Waals surface area contributed by atoms with Gasteiger partial charge in [-0.15, -0.1) is 0 Å². The summed E-state index contributed by atoms with van der Waals surface area (Å²) in [4.78, 5) is 0. The van der Waals surface area contributed by atoms with Crippen molar-refractivity contribution in [2.24, 2.45) is 0 Å². The van der Waals surface area contributed by atoms with Crippen molar-refractivity contribution >= 4 is 23.8 Å². The number of aromatic nitrogens is 3. The maximum Gasteiger partial charge on any atom is 0.216 e. The molecule has 8 heteroatoms. The lowest BCUT2D eigenvalue weighted by Crippen LogP contribution is -2.21. The number of hydrogen-bond donors (Lipinski definition) is 1. The van der Waals surface area contributed by atoms with Crippen molar-refractivity contribution in [2.75, 3.05) is 5.84 Å². The smallest absolute Gasteiger partial charge is 0.216 e. The summed E-state index contributed by atoms with van der Waals surface area (Å²) >= 11 is 11.6. The predicted molar refractivity (Wildman–Crippen MR) is 94.6 cm³/mol. The molecule has 0 spiro atoms. The third-order valence-corrected chi connectivity index (χ3v) is 5.12. The van der Waals surface area contributed by atoms with E-state index in [1.165, 1.54) is 23.1 Å². The number of epoxide rings is 1. The molecule has 128 valence electrons. The highest BCUT2D eigenvalue weighted by atomic mass is 35.5. The van der Waals surface area contributed by atoms with Gasteiger partial charge in [0, 0.05) is 10.6 Å². The lowest BCUT2D eigenvalue weighted by molar-refractivity contribution is 0.261. The Balaban J connectivity index is 1.78. The van der Waals surface area contributed by atoms with Gasteiger partial charge in [0.2, 0.25) is 4.77 Å². The Kier molecular flexibility index (Phi) is 3.87. The Morgan fingerprint density at radius 3 is 2.60 bits per heavy atom. The van der Waals surface area contributed by atoms with E-state index in [2.05, 4.69) is 5.10 Å². The third-order valence-electron chi connectivity index (χ3n) is 4.36. The second kappa shape index (κ2) is 5.94. The lowest BCUT2D eigenvalue weighted by atomic mass is 9.91. The minimum atomic E-state index is -0.731. The largest absolute Gasteiger partial charge is 0.354 e. The minimum Gasteiger partial charge on any atom is -0.354 e. The molecule has 0 radical (unpaired) electrons. The van der Waals surface area contributed by atoms with E-state index in [0.29, 0.717) is 16.3 Å². The topological polar surface area (TPSA) is 61.3 Å². The van der Waals surface area contributed by atoms with E-state index in [4.69, 9.17) is 34.4 Å². The van der Waals surface area contributed by atoms with Crippen LogP contribution in [0, 0.1) is 10.6 Å². The van der Waals surface area contributed by atoms with Gasteiger partial charge in [0.25, 0.3) is 0 Å². The molecule has 2 aromatic carbocycles. The molecule has 1 aliphatic heterocycles. The van der Waals surface area contributed by atoms with Gasteiger partial charge in [-0.2, -0.15) is 5.10 Å². The molecule has 1 aromatic heterocycles. The van der Waals surface area contributed by atoms with Crippen LogP contribution >= 0.6 is 23.8 Å². The van der Waals surface area contributed by atoms with E-state index in [1.54, 1.807) is 16.8 Å². The van der Waals surface area contributed by atoms with Gasteiger partial charge in [0.15, 0.2) is 0 Å². The summed E-state index contributed by atoms with van der Waals surface area (Å²) in [6, 6.07) is 13.7. The van der Waals surface area contributed by atoms with Crippen molar-refractivity contribution < 1.29 is 9.13 Å². The number of nitrogens with zero attached hydrogens (tertiary/aromatic N) is 3. The third kappa shape index (κ3) is 2.74. The molecule has 0 saturated carbocycles. The first-order valence-corrected chi connectivity index (χ1v) is 8.38. The fourth-order valence-electron chi connectivity index (χ4n) is 3.02. The molecule has 0 amide bonds. The van der Waals surface area contributed by atoms with Crippen molar-refractivity contribution in [1.82, 2.24) is 14.5 Å². The first kappa shape index (κ1) is 16.3. The minimum absolute atomic E-state index is 0.281. The van der Waals surface area contributed by atoms with Crippen molar-refractivity contribution in [1.29, 1.82) is 0 Å². The van der Waals surface area contributed by atoms with E-state index in [1.807, 2.05) is 24.3 Å². The fraction of sp³-hybridized carbons (Fsp3) is 0.176. The predicted octanol–water partition coefficient (Wildman–Crippen LogP) is 3.59. The highest BCUT2D eigenvalue weighted by Gasteiger charge is 2.59. The highest BCUT2D eigenvalue weighted by molar-refractivity contribution is 7.71. The molecule has 1 aliphatic rings. The summed E-state index contributed by atoms with van der Waals surface area (Å²) in [7, 11) is 0. The number of ether oxygens (including phenoxy) is 1. The maximum absolute atomic E-state index is 13.4. The first-order chi connectivity index (χ1) is 12.0. The summed E-state index contributed by atoms with van der Waals surface area (Å²) in [6.07, 6.45) is 1.16. The summed E-state index contributed by atoms with van der Waals surface area (Å²) in [5, 5.41) is 4.81. The number of hydrogen-bond acceptors (Lipinski definition) is 4. The molecule has 5 nitrogen and oxygen atoms in total. The number of rotatable bonds is 4. The van der Waals surface area contributed by atoms with Gasteiger partial charge in [-0.05, 0) is 36.0 Å². The van der Waals surface area contributed by atoms with Crippen LogP contribution in [0.25, 0.3) is 0 Å². The SMILES string of the molecule is Nn1cnn(C[C@]2(c3ccc(F)cc3)O[C@@H]2c2ccccc2Cl)c1=S. The van der Waals surface area contributed by atoms with Gasteiger partial charge < -0.3 is 10.6 Å². The van der Waals surface area contributed by atoms with Crippen LogP contribution in [0.5, 0.6) is 0 Å². The average molecular weight is 377 g/mol. The summed E-state index contributed by atoms with van der Waals surface area (Å²) in [5.74, 6) is 5.42. The fourth-order valence-corrected chi connectivity index (χ4v) is 3.42. The van der Waals surface area contributed by atoms with E-state index in [-0.39, 0.29) is 11.9 Å². The molecule has 1 saturated heterocycles. The Labute approximate surface area is 153 Å². The van der Waals surface area contributed by atoms with Crippen LogP contribution in [0.1, 0.15) is 17.2 Å². The van der Waals surface area contributed by atoms with Crippen LogP contribution in [-0.2, 0) is 16.9 Å². The molecule has 0 bridgehead atoms. The zero-order valence-electron chi connectivity index (χ0n) is 13.0. The number of nitrogens with two attached hydrogens (primary N) is 1. The number of halogens is 2. The average Bonchev–Trinajstić information content (AvgIpc) is 3.25. The second-order valence-corrected chi connectivity index (χ2v) is 6.67. The van der Waals surface area contributed by atoms with Crippen LogP contribution in [0.15, 0.2) is 54.9 Å². The van der Waals surface area contributed by atoms with Gasteiger partial charge in [0.05, 0.1) is 6.54 Å². The molecular formula is C17H14ClFN4OS. The van der Waals surface area contributed by atoms with Crippen molar-refractivity contribution in [2.45, 2.75) is 18.2 Å². The molecule has 4 rings (SSSR count). The van der Waals surface area contributed by atoms with E-state index in [9.17, 15) is 4.39 Å². The van der Waals surface area contributed by atoms with Gasteiger partial charge in [-0.3, -0.25) is 0 Å². The molecule has 2 heterocycles. The summed E-state index contributed by atoms with van der Waals surface area (Å²) in [5.41, 5.74) is 0.963. The Bertz CT molecular complexity index is 987. The maximum atomic E-state index is 13.4. The summed E-state index contributed by atoms with van der Waals surface area (Å²) in [6.45, 7) is 0.345. The Morgan fingerprint density at radius 1 is 1.24 bits per heavy atom. The molecule has 0 aliphatic carbocycles. The van der Waals surface area contributed by atoms with Crippen molar-refractivity contribution in [3.05, 3.63) is 81.6 Å². The first-order valence-electron chi connectivity index (χ1n) is 7.59. The number of benzene rings is 2. The number of nitrogen functional groups attached to an aromatic ring is 1. The van der Waals surface area contributed by atoms with Crippen LogP contribution in [0.3, 0.4) is 0 Å². The van der Waals surface area contributed by atoms with Gasteiger partial charge >= 0.3 is 0 Å². The lowest BCUT2D eigenvalue weighted by Gasteiger charge is -2.14. The summed E-state index contributed by atoms with van der Waals surface area (Å²) < 4.78 is 22.7. The highest BCUT2D eigenvalue weighted by Crippen LogP contribution is 2.59. The molecule has 1 fully saturated rings. The van der Waals surface area contributed by atoms with Crippen molar-refractivity contribution in [3.63, 3.8) is 0 Å². The molecule has 25 heavy (non-hydrogen) atoms. The van der Waals surface area contributed by atoms with E-state index in [0.717, 1.165) is 11.1 Å². The Morgan fingerprint density at radius 2 is 1.96 bits per heavy atom. The van der Waals surface area contributed by atoms with Gasteiger partial charge in [0.1, 0.15) is 23.8 Å². The molecule has 2 atom stereocenters. The van der Waals surface area contributed by atoms with Crippen LogP contribution in [0.4, 0.5) is 4.39 Å². The van der Waals surface area contributed by atoms with Crippen LogP contribution in [-0.4, -0.2) is 14.5 Å². The van der Waals surface area contributed by atoms with Gasteiger partial charge in [-0.25, -0.2) is 13.7 Å². The standard InChI is InChI=1S/C17H14ClFN4OS/c18-14-4-2-1-3-13(14)15-17(24-15,11-5-7-12(19)8-6-11)9-23-16(25)22(20)10-21-23/h1-8,10,15H,9,20H2/t15-,17-/m1/s1. The molecule has 3 aromatic rings. The Hall–Kier alpha value is -2.22. The van der Waals surface area contributed by atoms with Crippen LogP contribution in [0.2, 0.25) is 5.02 Å². The quantitative estimate of drug-likeness (QED) is 0.429. The van der Waals surface area contributed by atoms with Crippen LogP contribution < -0.4 is 5.84 Å². The second-order valence-electron chi connectivity index (χ2n) is 5.89. The normalized spacial score (nSPS) is 22.1. The van der Waals surface area contributed by atoms with E-state index >= 15 is 0 Å². The zero-order chi connectivity index (χ0) is 17.6. The van der Waals surface area contributed by atoms with E-state index < -0.39 is 5.60 Å².